The van der Waals surface area contributed by atoms with Gasteiger partial charge in [-0.15, -0.1) is 0 Å². The van der Waals surface area contributed by atoms with E-state index in [1.165, 1.54) is 13.2 Å². The zero-order valence-corrected chi connectivity index (χ0v) is 19.2. The quantitative estimate of drug-likeness (QED) is 0.174. The van der Waals surface area contributed by atoms with Crippen LogP contribution in [0.15, 0.2) is 42.6 Å². The van der Waals surface area contributed by atoms with Gasteiger partial charge in [-0.1, -0.05) is 18.2 Å². The van der Waals surface area contributed by atoms with Crippen LogP contribution in [-0.4, -0.2) is 47.9 Å². The number of nitrogens with zero attached hydrogens (tertiary/aromatic N) is 2. The number of nitro benzene ring substituents is 1. The number of hydrogen-bond donors (Lipinski definition) is 3. The molecule has 0 aliphatic rings. The summed E-state index contributed by atoms with van der Waals surface area (Å²) in [4.78, 5) is 51.1. The predicted molar refractivity (Wildman–Crippen MR) is 125 cm³/mol. The summed E-state index contributed by atoms with van der Waals surface area (Å²) >= 11 is 0. The largest absolute Gasteiger partial charge is 0.469 e. The highest BCUT2D eigenvalue weighted by Crippen LogP contribution is 2.25. The molecule has 0 radical (unpaired) electrons. The topological polar surface area (TPSA) is 153 Å². The Morgan fingerprint density at radius 1 is 1.15 bits per heavy atom. The van der Waals surface area contributed by atoms with E-state index in [4.69, 9.17) is 0 Å². The first-order valence-corrected chi connectivity index (χ1v) is 10.8. The van der Waals surface area contributed by atoms with Gasteiger partial charge in [0.2, 0.25) is 11.8 Å². The summed E-state index contributed by atoms with van der Waals surface area (Å²) in [6.07, 6.45) is 3.12. The van der Waals surface area contributed by atoms with Gasteiger partial charge in [0.25, 0.3) is 5.69 Å². The monoisotopic (exact) mass is 471 g/mol. The minimum absolute atomic E-state index is 0.118. The molecule has 11 heteroatoms. The standard InChI is InChI=1S/C23H29N5O6/c1-16-9-10-17(13-19(16)28(32)33)18(14-23(31)34-2)27-22(30)15-26-21(29)8-4-6-12-25-20-7-3-5-11-24-20/h3,5,7,9-11,13,18H,4,6,8,12,14-15H2,1-2H3,(H,24,25)(H,26,29)(H,27,30). The molecule has 0 saturated heterocycles. The molecule has 0 aliphatic carbocycles. The number of ether oxygens (including phenoxy) is 1. The normalized spacial score (nSPS) is 11.2. The van der Waals surface area contributed by atoms with Crippen LogP contribution in [0.3, 0.4) is 0 Å². The number of rotatable bonds is 13. The fraction of sp³-hybridized carbons (Fsp3) is 0.391. The van der Waals surface area contributed by atoms with Crippen molar-refractivity contribution >= 4 is 29.3 Å². The number of aryl methyl sites for hydroxylation is 1. The van der Waals surface area contributed by atoms with E-state index in [9.17, 15) is 24.5 Å². The lowest BCUT2D eigenvalue weighted by Gasteiger charge is -2.19. The maximum atomic E-state index is 12.4. The Hall–Kier alpha value is -4.02. The molecular weight excluding hydrogens is 442 g/mol. The summed E-state index contributed by atoms with van der Waals surface area (Å²) in [6.45, 7) is 1.99. The maximum absolute atomic E-state index is 12.4. The van der Waals surface area contributed by atoms with Crippen molar-refractivity contribution in [3.05, 3.63) is 63.8 Å². The van der Waals surface area contributed by atoms with Gasteiger partial charge in [0.05, 0.1) is 31.0 Å². The van der Waals surface area contributed by atoms with E-state index in [2.05, 4.69) is 25.7 Å². The summed E-state index contributed by atoms with van der Waals surface area (Å²) < 4.78 is 4.67. The number of esters is 1. The number of nitro groups is 1. The highest BCUT2D eigenvalue weighted by molar-refractivity contribution is 5.85. The molecule has 3 N–H and O–H groups in total. The first-order chi connectivity index (χ1) is 16.3. The Balaban J connectivity index is 1.82. The molecule has 1 aromatic carbocycles. The van der Waals surface area contributed by atoms with Crippen LogP contribution < -0.4 is 16.0 Å². The zero-order valence-electron chi connectivity index (χ0n) is 19.2. The Morgan fingerprint density at radius 2 is 1.94 bits per heavy atom. The molecular formula is C23H29N5O6. The highest BCUT2D eigenvalue weighted by Gasteiger charge is 2.22. The second-order valence-corrected chi connectivity index (χ2v) is 7.58. The zero-order chi connectivity index (χ0) is 24.9. The number of pyridine rings is 1. The molecule has 0 bridgehead atoms. The van der Waals surface area contributed by atoms with Crippen LogP contribution in [0.5, 0.6) is 0 Å². The third-order valence-corrected chi connectivity index (χ3v) is 5.01. The van der Waals surface area contributed by atoms with Crippen molar-refractivity contribution in [1.82, 2.24) is 15.6 Å². The number of carbonyl (C=O) groups excluding carboxylic acids is 3. The molecule has 34 heavy (non-hydrogen) atoms. The SMILES string of the molecule is COC(=O)CC(NC(=O)CNC(=O)CCCCNc1ccccn1)c1ccc(C)c([N+](=O)[O-])c1. The van der Waals surface area contributed by atoms with Crippen molar-refractivity contribution in [2.45, 2.75) is 38.6 Å². The van der Waals surface area contributed by atoms with Gasteiger partial charge in [-0.05, 0) is 37.5 Å². The van der Waals surface area contributed by atoms with Gasteiger partial charge in [-0.2, -0.15) is 0 Å². The molecule has 0 saturated carbocycles. The number of hydrogen-bond acceptors (Lipinski definition) is 8. The van der Waals surface area contributed by atoms with Gasteiger partial charge in [-0.25, -0.2) is 4.98 Å². The first-order valence-electron chi connectivity index (χ1n) is 10.8. The third kappa shape index (κ3) is 8.85. The molecule has 1 heterocycles. The summed E-state index contributed by atoms with van der Waals surface area (Å²) in [5.74, 6) is -0.619. The lowest BCUT2D eigenvalue weighted by atomic mass is 10.0. The van der Waals surface area contributed by atoms with Gasteiger partial charge >= 0.3 is 5.97 Å². The van der Waals surface area contributed by atoms with E-state index in [0.717, 1.165) is 12.2 Å². The summed E-state index contributed by atoms with van der Waals surface area (Å²) in [5.41, 5.74) is 0.731. The molecule has 0 aliphatic heterocycles. The molecule has 182 valence electrons. The van der Waals surface area contributed by atoms with E-state index >= 15 is 0 Å². The van der Waals surface area contributed by atoms with Crippen LogP contribution in [0, 0.1) is 17.0 Å². The van der Waals surface area contributed by atoms with Gasteiger partial charge in [0, 0.05) is 30.8 Å². The van der Waals surface area contributed by atoms with E-state index in [1.54, 1.807) is 25.3 Å². The maximum Gasteiger partial charge on any atom is 0.307 e. The Bertz CT molecular complexity index is 999. The van der Waals surface area contributed by atoms with Crippen LogP contribution in [-0.2, 0) is 19.1 Å². The number of anilines is 1. The number of nitrogens with one attached hydrogen (secondary N) is 3. The molecule has 0 spiro atoms. The molecule has 11 nitrogen and oxygen atoms in total. The fourth-order valence-corrected chi connectivity index (χ4v) is 3.15. The predicted octanol–water partition coefficient (Wildman–Crippen LogP) is 2.42. The molecule has 1 aromatic heterocycles. The minimum Gasteiger partial charge on any atom is -0.469 e. The lowest BCUT2D eigenvalue weighted by molar-refractivity contribution is -0.385. The molecule has 2 rings (SSSR count). The lowest BCUT2D eigenvalue weighted by Crippen LogP contribution is -2.39. The van der Waals surface area contributed by atoms with Gasteiger partial charge in [0.1, 0.15) is 5.82 Å². The van der Waals surface area contributed by atoms with Gasteiger partial charge in [0.15, 0.2) is 0 Å². The molecule has 1 unspecified atom stereocenters. The Kier molecular flexibility index (Phi) is 10.4. The smallest absolute Gasteiger partial charge is 0.307 e. The van der Waals surface area contributed by atoms with Gasteiger partial charge in [-0.3, -0.25) is 24.5 Å². The summed E-state index contributed by atoms with van der Waals surface area (Å²) in [7, 11) is 1.21. The molecule has 0 fully saturated rings. The first kappa shape index (κ1) is 26.2. The number of unbranched alkanes of at least 4 members (excludes halogenated alkanes) is 1. The van der Waals surface area contributed by atoms with E-state index in [-0.39, 0.29) is 31.0 Å². The minimum atomic E-state index is -0.839. The van der Waals surface area contributed by atoms with Crippen molar-refractivity contribution in [1.29, 1.82) is 0 Å². The Labute approximate surface area is 197 Å². The van der Waals surface area contributed by atoms with Crippen molar-refractivity contribution < 1.29 is 24.0 Å². The molecule has 1 atom stereocenters. The van der Waals surface area contributed by atoms with Crippen LogP contribution in [0.25, 0.3) is 0 Å². The van der Waals surface area contributed by atoms with Crippen LogP contribution in [0.1, 0.15) is 42.9 Å². The molecule has 2 amide bonds. The number of benzene rings is 1. The fourth-order valence-electron chi connectivity index (χ4n) is 3.15. The van der Waals surface area contributed by atoms with Gasteiger partial charge < -0.3 is 20.7 Å². The summed E-state index contributed by atoms with van der Waals surface area (Å²) in [6, 6.07) is 9.20. The number of amides is 2. The van der Waals surface area contributed by atoms with Crippen LogP contribution in [0.2, 0.25) is 0 Å². The summed E-state index contributed by atoms with van der Waals surface area (Å²) in [5, 5.41) is 19.6. The van der Waals surface area contributed by atoms with Crippen LogP contribution >= 0.6 is 0 Å². The number of aromatic nitrogens is 1. The van der Waals surface area contributed by atoms with Crippen LogP contribution in [0.4, 0.5) is 11.5 Å². The number of methoxy groups -OCH3 is 1. The Morgan fingerprint density at radius 3 is 2.62 bits per heavy atom. The molecule has 2 aromatic rings. The van der Waals surface area contributed by atoms with Crippen molar-refractivity contribution in [2.24, 2.45) is 0 Å². The van der Waals surface area contributed by atoms with Crippen molar-refractivity contribution in [2.75, 3.05) is 25.5 Å². The second-order valence-electron chi connectivity index (χ2n) is 7.58. The number of carbonyl (C=O) groups is 3. The van der Waals surface area contributed by atoms with E-state index in [1.807, 2.05) is 18.2 Å². The van der Waals surface area contributed by atoms with Crippen molar-refractivity contribution in [3.63, 3.8) is 0 Å². The highest BCUT2D eigenvalue weighted by atomic mass is 16.6. The second kappa shape index (κ2) is 13.5. The average Bonchev–Trinajstić information content (AvgIpc) is 2.82. The third-order valence-electron chi connectivity index (χ3n) is 5.01. The van der Waals surface area contributed by atoms with Crippen molar-refractivity contribution in [3.8, 4) is 0 Å². The van der Waals surface area contributed by atoms with E-state index < -0.39 is 22.8 Å². The van der Waals surface area contributed by atoms with E-state index in [0.29, 0.717) is 24.1 Å². The average molecular weight is 472 g/mol.